The topological polar surface area (TPSA) is 21.3 Å². The van der Waals surface area contributed by atoms with Gasteiger partial charge >= 0.3 is 0 Å². The first-order chi connectivity index (χ1) is 9.83. The minimum atomic E-state index is 0.423. The van der Waals surface area contributed by atoms with Crippen molar-refractivity contribution in [3.8, 4) is 5.75 Å². The van der Waals surface area contributed by atoms with Gasteiger partial charge in [0.2, 0.25) is 0 Å². The molecule has 2 rings (SSSR count). The van der Waals surface area contributed by atoms with Gasteiger partial charge in [0.25, 0.3) is 0 Å². The van der Waals surface area contributed by atoms with E-state index in [1.165, 1.54) is 44.1 Å². The maximum atomic E-state index is 6.22. The summed E-state index contributed by atoms with van der Waals surface area (Å²) < 4.78 is 6.22. The molecular formula is C18H29NO. The van der Waals surface area contributed by atoms with Crippen LogP contribution in [0.4, 0.5) is 0 Å². The molecule has 1 unspecified atom stereocenters. The molecule has 2 heteroatoms. The second kappa shape index (κ2) is 8.31. The summed E-state index contributed by atoms with van der Waals surface area (Å²) in [6, 6.07) is 9.10. The average Bonchev–Trinajstić information content (AvgIpc) is 2.74. The molecule has 1 aliphatic rings. The minimum Gasteiger partial charge on any atom is -0.490 e. The standard InChI is InChI=1S/C18H29NO/c1-3-18(19-4-2)15-10-9-13-17(14-15)20-16-11-7-5-6-8-12-16/h9-10,13-14,16,18-19H,3-8,11-12H2,1-2H3. The summed E-state index contributed by atoms with van der Waals surface area (Å²) >= 11 is 0. The van der Waals surface area contributed by atoms with E-state index in [2.05, 4.69) is 43.4 Å². The predicted molar refractivity (Wildman–Crippen MR) is 85.3 cm³/mol. The van der Waals surface area contributed by atoms with Crippen LogP contribution in [0.25, 0.3) is 0 Å². The second-order valence-corrected chi connectivity index (χ2v) is 5.82. The first-order valence-corrected chi connectivity index (χ1v) is 8.33. The van der Waals surface area contributed by atoms with Gasteiger partial charge in [-0.25, -0.2) is 0 Å². The highest BCUT2D eigenvalue weighted by atomic mass is 16.5. The van der Waals surface area contributed by atoms with E-state index in [9.17, 15) is 0 Å². The molecule has 1 atom stereocenters. The number of hydrogen-bond donors (Lipinski definition) is 1. The van der Waals surface area contributed by atoms with Crippen LogP contribution < -0.4 is 10.1 Å². The van der Waals surface area contributed by atoms with Crippen molar-refractivity contribution < 1.29 is 4.74 Å². The number of ether oxygens (including phenoxy) is 1. The third-order valence-electron chi connectivity index (χ3n) is 4.22. The SMILES string of the molecule is CCNC(CC)c1cccc(OC2CCCCCC2)c1. The Bertz CT molecular complexity index is 383. The van der Waals surface area contributed by atoms with Crippen molar-refractivity contribution in [2.75, 3.05) is 6.54 Å². The highest BCUT2D eigenvalue weighted by molar-refractivity contribution is 5.30. The summed E-state index contributed by atoms with van der Waals surface area (Å²) in [5.74, 6) is 1.05. The Morgan fingerprint density at radius 2 is 1.90 bits per heavy atom. The average molecular weight is 275 g/mol. The van der Waals surface area contributed by atoms with Crippen molar-refractivity contribution in [3.05, 3.63) is 29.8 Å². The summed E-state index contributed by atoms with van der Waals surface area (Å²) in [5, 5.41) is 3.53. The molecule has 1 aromatic carbocycles. The molecular weight excluding hydrogens is 246 g/mol. The molecule has 0 saturated heterocycles. The summed E-state index contributed by atoms with van der Waals surface area (Å²) in [6.45, 7) is 5.40. The molecule has 112 valence electrons. The van der Waals surface area contributed by atoms with Gasteiger partial charge < -0.3 is 10.1 Å². The summed E-state index contributed by atoms with van der Waals surface area (Å²) in [4.78, 5) is 0. The van der Waals surface area contributed by atoms with Gasteiger partial charge in [0, 0.05) is 6.04 Å². The second-order valence-electron chi connectivity index (χ2n) is 5.82. The Kier molecular flexibility index (Phi) is 6.38. The zero-order chi connectivity index (χ0) is 14.2. The maximum Gasteiger partial charge on any atom is 0.120 e. The molecule has 0 heterocycles. The Morgan fingerprint density at radius 1 is 1.15 bits per heavy atom. The molecule has 0 aliphatic heterocycles. The zero-order valence-corrected chi connectivity index (χ0v) is 13.0. The lowest BCUT2D eigenvalue weighted by Crippen LogP contribution is -2.20. The molecule has 0 spiro atoms. The van der Waals surface area contributed by atoms with E-state index in [0.29, 0.717) is 12.1 Å². The lowest BCUT2D eigenvalue weighted by Gasteiger charge is -2.20. The third-order valence-corrected chi connectivity index (χ3v) is 4.22. The lowest BCUT2D eigenvalue weighted by molar-refractivity contribution is 0.183. The van der Waals surface area contributed by atoms with Gasteiger partial charge in [-0.3, -0.25) is 0 Å². The van der Waals surface area contributed by atoms with Crippen LogP contribution in [-0.4, -0.2) is 12.6 Å². The molecule has 1 saturated carbocycles. The van der Waals surface area contributed by atoms with Crippen LogP contribution >= 0.6 is 0 Å². The quantitative estimate of drug-likeness (QED) is 0.749. The van der Waals surface area contributed by atoms with Gasteiger partial charge in [0.05, 0.1) is 6.10 Å². The predicted octanol–water partition coefficient (Wildman–Crippen LogP) is 4.85. The lowest BCUT2D eigenvalue weighted by atomic mass is 10.0. The Labute approximate surface area is 123 Å². The first kappa shape index (κ1) is 15.4. The van der Waals surface area contributed by atoms with Crippen LogP contribution in [0.15, 0.2) is 24.3 Å². The summed E-state index contributed by atoms with van der Waals surface area (Å²) in [5.41, 5.74) is 1.35. The first-order valence-electron chi connectivity index (χ1n) is 8.33. The Balaban J connectivity index is 2.00. The number of rotatable bonds is 6. The zero-order valence-electron chi connectivity index (χ0n) is 13.0. The monoisotopic (exact) mass is 275 g/mol. The third kappa shape index (κ3) is 4.52. The van der Waals surface area contributed by atoms with Crippen molar-refractivity contribution in [1.82, 2.24) is 5.32 Å². The molecule has 0 bridgehead atoms. The van der Waals surface area contributed by atoms with Crippen LogP contribution in [0.3, 0.4) is 0 Å². The highest BCUT2D eigenvalue weighted by Gasteiger charge is 2.14. The molecule has 0 amide bonds. The van der Waals surface area contributed by atoms with E-state index in [1.54, 1.807) is 0 Å². The van der Waals surface area contributed by atoms with Gasteiger partial charge in [0.15, 0.2) is 0 Å². The van der Waals surface area contributed by atoms with E-state index in [0.717, 1.165) is 18.7 Å². The van der Waals surface area contributed by atoms with E-state index < -0.39 is 0 Å². The maximum absolute atomic E-state index is 6.22. The van der Waals surface area contributed by atoms with Crippen LogP contribution in [0.2, 0.25) is 0 Å². The molecule has 1 N–H and O–H groups in total. The Morgan fingerprint density at radius 3 is 2.55 bits per heavy atom. The molecule has 0 aromatic heterocycles. The number of nitrogens with one attached hydrogen (secondary N) is 1. The fourth-order valence-electron chi connectivity index (χ4n) is 3.10. The van der Waals surface area contributed by atoms with E-state index in [1.807, 2.05) is 0 Å². The van der Waals surface area contributed by atoms with Crippen molar-refractivity contribution >= 4 is 0 Å². The highest BCUT2D eigenvalue weighted by Crippen LogP contribution is 2.26. The van der Waals surface area contributed by atoms with E-state index in [-0.39, 0.29) is 0 Å². The largest absolute Gasteiger partial charge is 0.490 e. The molecule has 20 heavy (non-hydrogen) atoms. The molecule has 2 nitrogen and oxygen atoms in total. The van der Waals surface area contributed by atoms with Crippen LogP contribution in [0, 0.1) is 0 Å². The van der Waals surface area contributed by atoms with Gasteiger partial charge in [0.1, 0.15) is 5.75 Å². The van der Waals surface area contributed by atoms with E-state index in [4.69, 9.17) is 4.74 Å². The molecule has 1 fully saturated rings. The minimum absolute atomic E-state index is 0.423. The van der Waals surface area contributed by atoms with Crippen LogP contribution in [-0.2, 0) is 0 Å². The van der Waals surface area contributed by atoms with Crippen molar-refractivity contribution in [2.24, 2.45) is 0 Å². The van der Waals surface area contributed by atoms with Crippen LogP contribution in [0.5, 0.6) is 5.75 Å². The molecule has 0 radical (unpaired) electrons. The van der Waals surface area contributed by atoms with Gasteiger partial charge in [-0.05, 0) is 56.3 Å². The van der Waals surface area contributed by atoms with Crippen molar-refractivity contribution in [1.29, 1.82) is 0 Å². The van der Waals surface area contributed by atoms with E-state index >= 15 is 0 Å². The van der Waals surface area contributed by atoms with Gasteiger partial charge in [-0.2, -0.15) is 0 Å². The smallest absolute Gasteiger partial charge is 0.120 e. The molecule has 1 aliphatic carbocycles. The van der Waals surface area contributed by atoms with Crippen molar-refractivity contribution in [3.63, 3.8) is 0 Å². The molecule has 1 aromatic rings. The summed E-state index contributed by atoms with van der Waals surface area (Å²) in [6.07, 6.45) is 9.35. The van der Waals surface area contributed by atoms with Gasteiger partial charge in [-0.1, -0.05) is 38.8 Å². The number of benzene rings is 1. The Hall–Kier alpha value is -1.02. The summed E-state index contributed by atoms with van der Waals surface area (Å²) in [7, 11) is 0. The normalized spacial score (nSPS) is 18.5. The number of hydrogen-bond acceptors (Lipinski definition) is 2. The van der Waals surface area contributed by atoms with Crippen LogP contribution in [0.1, 0.15) is 70.4 Å². The van der Waals surface area contributed by atoms with Gasteiger partial charge in [-0.15, -0.1) is 0 Å². The fourth-order valence-corrected chi connectivity index (χ4v) is 3.10. The van der Waals surface area contributed by atoms with Crippen molar-refractivity contribution in [2.45, 2.75) is 70.9 Å². The fraction of sp³-hybridized carbons (Fsp3) is 0.667.